The van der Waals surface area contributed by atoms with Crippen molar-refractivity contribution in [3.8, 4) is 0 Å². The first-order valence-electron chi connectivity index (χ1n) is 14.8. The molecule has 1 radical (unpaired) electrons. The molecule has 15 nitrogen and oxygen atoms in total. The maximum atomic E-state index is 16.6. The van der Waals surface area contributed by atoms with Crippen molar-refractivity contribution in [2.24, 2.45) is 0 Å². The molecule has 0 aromatic carbocycles. The monoisotopic (exact) mass is 794 g/mol. The Kier molecular flexibility index (Phi) is 18.7. The maximum Gasteiger partial charge on any atom is 0.300 e. The van der Waals surface area contributed by atoms with Crippen LogP contribution >= 0.6 is 0 Å². The standard InChI is InChI=1S/C22H45F5N5O10S5/c1-6-11-16-43(33,34)28(23)21(29(24)44(35,36)17-12-7-2)22(30(25)45(37,38)18-13-8-3,31(26)46(39,40)19-14-9-4)32(27)47(41,42)20-15-10-5/h6-20H2,1-5H3. The second kappa shape index (κ2) is 19.0. The molecule has 0 rings (SSSR count). The van der Waals surface area contributed by atoms with Gasteiger partial charge in [0, 0.05) is 13.6 Å². The molecule has 0 amide bonds. The van der Waals surface area contributed by atoms with Crippen molar-refractivity contribution in [1.82, 2.24) is 22.6 Å². The average molecular weight is 795 g/mol. The van der Waals surface area contributed by atoms with Crippen LogP contribution in [0.4, 0.5) is 22.4 Å². The van der Waals surface area contributed by atoms with Crippen LogP contribution in [0.2, 0.25) is 0 Å². The third-order valence-electron chi connectivity index (χ3n) is 6.37. The van der Waals surface area contributed by atoms with E-state index < -0.39 is 146 Å². The van der Waals surface area contributed by atoms with E-state index in [1.165, 1.54) is 34.6 Å². The topological polar surface area (TPSA) is 187 Å². The minimum Gasteiger partial charge on any atom is -0.210 e. The minimum absolute atomic E-state index is 0.0520. The van der Waals surface area contributed by atoms with Crippen molar-refractivity contribution in [3.63, 3.8) is 0 Å². The van der Waals surface area contributed by atoms with E-state index in [9.17, 15) is 42.1 Å². The van der Waals surface area contributed by atoms with Gasteiger partial charge in [-0.2, -0.15) is 0 Å². The first-order chi connectivity index (χ1) is 21.5. The van der Waals surface area contributed by atoms with Crippen LogP contribution in [0.25, 0.3) is 0 Å². The normalized spacial score (nSPS) is 14.5. The van der Waals surface area contributed by atoms with Crippen LogP contribution in [-0.2, 0) is 50.1 Å². The van der Waals surface area contributed by atoms with Crippen LogP contribution in [0.15, 0.2) is 0 Å². The Labute approximate surface area is 276 Å². The van der Waals surface area contributed by atoms with Crippen LogP contribution in [0.3, 0.4) is 0 Å². The highest BCUT2D eigenvalue weighted by Crippen LogP contribution is 2.47. The molecular weight excluding hydrogens is 750 g/mol. The fourth-order valence-corrected chi connectivity index (χ4v) is 10.6. The Hall–Kier alpha value is -0.800. The van der Waals surface area contributed by atoms with Crippen molar-refractivity contribution in [3.05, 3.63) is 6.17 Å². The molecule has 0 aliphatic rings. The lowest BCUT2D eigenvalue weighted by atomic mass is 10.3. The number of rotatable bonds is 26. The van der Waals surface area contributed by atoms with Crippen molar-refractivity contribution in [2.75, 3.05) is 28.8 Å². The summed E-state index contributed by atoms with van der Waals surface area (Å²) in [4.78, 5) is 0. The van der Waals surface area contributed by atoms with Crippen LogP contribution in [0.5, 0.6) is 0 Å². The second-order valence-corrected chi connectivity index (χ2v) is 19.8. The van der Waals surface area contributed by atoms with Gasteiger partial charge < -0.3 is 0 Å². The molecule has 0 aromatic heterocycles. The number of halogens is 5. The van der Waals surface area contributed by atoms with Crippen molar-refractivity contribution in [1.29, 1.82) is 0 Å². The van der Waals surface area contributed by atoms with E-state index in [4.69, 9.17) is 0 Å². The number of sulfonamides is 5. The SMILES string of the molecule is CCCCS(=O)(=O)N(F)[C](N(F)S(=O)(=O)CCCC)C(N(F)S(=O)(=O)CCCC)(N(F)S(=O)(=O)CCCC)N(F)S(=O)(=O)CCCC. The van der Waals surface area contributed by atoms with Gasteiger partial charge in [0.15, 0.2) is 0 Å². The fraction of sp³-hybridized carbons (Fsp3) is 0.955. The summed E-state index contributed by atoms with van der Waals surface area (Å²) in [5, 5.41) is 0. The van der Waals surface area contributed by atoms with Gasteiger partial charge in [0.2, 0.25) is 50.1 Å². The van der Waals surface area contributed by atoms with E-state index in [0.29, 0.717) is 0 Å². The molecule has 0 saturated carbocycles. The highest BCUT2D eigenvalue weighted by Gasteiger charge is 2.74. The summed E-state index contributed by atoms with van der Waals surface area (Å²) >= 11 is 0. The largest absolute Gasteiger partial charge is 0.300 e. The van der Waals surface area contributed by atoms with Crippen molar-refractivity contribution < 1.29 is 64.5 Å². The Bertz CT molecular complexity index is 1370. The zero-order valence-electron chi connectivity index (χ0n) is 26.9. The van der Waals surface area contributed by atoms with E-state index in [0.717, 1.165) is 0 Å². The lowest BCUT2D eigenvalue weighted by Gasteiger charge is -2.46. The van der Waals surface area contributed by atoms with Crippen LogP contribution in [0.1, 0.15) is 98.8 Å². The number of unbranched alkanes of at least 4 members (excludes halogenated alkanes) is 5. The smallest absolute Gasteiger partial charge is 0.210 e. The molecule has 25 heteroatoms. The highest BCUT2D eigenvalue weighted by molar-refractivity contribution is 7.91. The highest BCUT2D eigenvalue weighted by atomic mass is 32.2. The summed E-state index contributed by atoms with van der Waals surface area (Å²) in [5.74, 6) is -13.2. The Morgan fingerprint density at radius 1 is 0.404 bits per heavy atom. The Morgan fingerprint density at radius 3 is 0.787 bits per heavy atom. The average Bonchev–Trinajstić information content (AvgIpc) is 3.00. The summed E-state index contributed by atoms with van der Waals surface area (Å²) in [5.41, 5.74) is 0. The van der Waals surface area contributed by atoms with Gasteiger partial charge in [0.1, 0.15) is 0 Å². The molecule has 0 N–H and O–H groups in total. The zero-order valence-corrected chi connectivity index (χ0v) is 30.9. The number of hydrogen-bond donors (Lipinski definition) is 0. The number of nitrogens with zero attached hydrogens (tertiary/aromatic N) is 5. The van der Waals surface area contributed by atoms with E-state index in [-0.39, 0.29) is 32.1 Å². The van der Waals surface area contributed by atoms with Gasteiger partial charge in [-0.1, -0.05) is 66.7 Å². The molecule has 0 atom stereocenters. The molecule has 0 spiro atoms. The lowest BCUT2D eigenvalue weighted by Crippen LogP contribution is -2.75. The van der Waals surface area contributed by atoms with Gasteiger partial charge in [-0.3, -0.25) is 0 Å². The summed E-state index contributed by atoms with van der Waals surface area (Å²) in [7, 11) is -30.1. The summed E-state index contributed by atoms with van der Waals surface area (Å²) in [6, 6.07) is 0. The third-order valence-corrected chi connectivity index (χ3v) is 13.9. The van der Waals surface area contributed by atoms with Gasteiger partial charge in [0.05, 0.1) is 28.8 Å². The summed E-state index contributed by atoms with van der Waals surface area (Å²) in [6.07, 6.45) is -6.46. The molecule has 283 valence electrons. The zero-order chi connectivity index (χ0) is 37.1. The van der Waals surface area contributed by atoms with Gasteiger partial charge in [-0.05, 0) is 41.2 Å². The van der Waals surface area contributed by atoms with Gasteiger partial charge >= 0.3 is 0 Å². The maximum absolute atomic E-state index is 16.6. The summed E-state index contributed by atoms with van der Waals surface area (Å²) in [6.45, 7) is 6.73. The van der Waals surface area contributed by atoms with Crippen molar-refractivity contribution >= 4 is 50.1 Å². The molecular formula is C22H45F5N5O10S5. The quantitative estimate of drug-likeness (QED) is 0.0710. The molecule has 0 unspecified atom stereocenters. The molecule has 0 fully saturated rings. The third kappa shape index (κ3) is 11.4. The van der Waals surface area contributed by atoms with Gasteiger partial charge in [-0.25, -0.2) is 42.1 Å². The Morgan fingerprint density at radius 2 is 0.596 bits per heavy atom. The van der Waals surface area contributed by atoms with Crippen LogP contribution in [0, 0.1) is 6.17 Å². The van der Waals surface area contributed by atoms with Gasteiger partial charge in [0.25, 0.3) is 12.0 Å². The predicted octanol–water partition coefficient (Wildman–Crippen LogP) is 3.71. The van der Waals surface area contributed by atoms with E-state index in [1.807, 2.05) is 0 Å². The molecule has 47 heavy (non-hydrogen) atoms. The minimum atomic E-state index is -6.09. The number of hydrogen-bond acceptors (Lipinski definition) is 10. The molecule has 0 aliphatic heterocycles. The molecule has 0 heterocycles. The van der Waals surface area contributed by atoms with Gasteiger partial charge in [-0.15, -0.1) is 22.4 Å². The summed E-state index contributed by atoms with van der Waals surface area (Å²) < 4.78 is 203. The lowest BCUT2D eigenvalue weighted by molar-refractivity contribution is -0.265. The van der Waals surface area contributed by atoms with Crippen LogP contribution in [-0.4, -0.2) is 99.3 Å². The van der Waals surface area contributed by atoms with Crippen molar-refractivity contribution in [2.45, 2.75) is 105 Å². The van der Waals surface area contributed by atoms with E-state index in [2.05, 4.69) is 0 Å². The van der Waals surface area contributed by atoms with E-state index in [1.54, 1.807) is 0 Å². The molecule has 0 bridgehead atoms. The molecule has 0 aromatic rings. The predicted molar refractivity (Wildman–Crippen MR) is 164 cm³/mol. The van der Waals surface area contributed by atoms with E-state index >= 15 is 22.4 Å². The molecule has 0 saturated heterocycles. The fourth-order valence-electron chi connectivity index (χ4n) is 3.60. The van der Waals surface area contributed by atoms with Crippen LogP contribution < -0.4 is 0 Å². The first kappa shape index (κ1) is 46.2. The molecule has 0 aliphatic carbocycles. The second-order valence-electron chi connectivity index (χ2n) is 10.4. The first-order valence-corrected chi connectivity index (χ1v) is 22.8. The Balaban J connectivity index is 8.82.